The number of anilines is 3. The van der Waals surface area contributed by atoms with Crippen molar-refractivity contribution in [3.8, 4) is 0 Å². The third kappa shape index (κ3) is 5.50. The van der Waals surface area contributed by atoms with E-state index in [1.165, 1.54) is 18.2 Å². The van der Waals surface area contributed by atoms with Gasteiger partial charge in [0.25, 0.3) is 0 Å². The molecule has 0 spiro atoms. The van der Waals surface area contributed by atoms with Gasteiger partial charge in [0.1, 0.15) is 5.82 Å². The maximum Gasteiger partial charge on any atom is 0.418 e. The largest absolute Gasteiger partial charge is 0.418 e. The summed E-state index contributed by atoms with van der Waals surface area (Å²) < 4.78 is 54.3. The highest BCUT2D eigenvalue weighted by Gasteiger charge is 2.35. The Morgan fingerprint density at radius 3 is 2.45 bits per heavy atom. The lowest BCUT2D eigenvalue weighted by atomic mass is 10.0. The van der Waals surface area contributed by atoms with Gasteiger partial charge in [0.05, 0.1) is 11.3 Å². The average molecular weight is 426 g/mol. The normalized spacial score (nSPS) is 14.6. The lowest BCUT2D eigenvalue weighted by molar-refractivity contribution is -0.137. The first-order valence-electron chi connectivity index (χ1n) is 9.29. The highest BCUT2D eigenvalue weighted by Crippen LogP contribution is 2.38. The highest BCUT2D eigenvalue weighted by molar-refractivity contribution is 7.80. The zero-order valence-corrected chi connectivity index (χ0v) is 16.5. The molecule has 4 nitrogen and oxygen atoms in total. The first kappa shape index (κ1) is 21.2. The molecule has 0 aliphatic carbocycles. The van der Waals surface area contributed by atoms with Crippen LogP contribution in [0.4, 0.5) is 34.6 Å². The zero-order valence-electron chi connectivity index (χ0n) is 15.7. The Morgan fingerprint density at radius 2 is 1.79 bits per heavy atom. The van der Waals surface area contributed by atoms with Crippen molar-refractivity contribution in [1.82, 2.24) is 5.32 Å². The van der Waals surface area contributed by atoms with Crippen molar-refractivity contribution in [3.05, 3.63) is 53.3 Å². The first-order chi connectivity index (χ1) is 13.7. The second kappa shape index (κ2) is 8.86. The van der Waals surface area contributed by atoms with E-state index in [4.69, 9.17) is 18.0 Å². The Morgan fingerprint density at radius 1 is 1.07 bits per heavy atom. The second-order valence-corrected chi connectivity index (χ2v) is 7.35. The van der Waals surface area contributed by atoms with Gasteiger partial charge in [-0.1, -0.05) is 6.07 Å². The molecule has 2 aromatic carbocycles. The molecule has 0 bridgehead atoms. The highest BCUT2D eigenvalue weighted by atomic mass is 32.1. The smallest absolute Gasteiger partial charge is 0.396 e. The number of halogens is 4. The van der Waals surface area contributed by atoms with E-state index in [1.54, 1.807) is 17.0 Å². The molecule has 29 heavy (non-hydrogen) atoms. The van der Waals surface area contributed by atoms with Gasteiger partial charge in [-0.05, 0) is 67.4 Å². The number of nitrogens with two attached hydrogens (primary N) is 1. The Balaban J connectivity index is 1.68. The van der Waals surface area contributed by atoms with Crippen LogP contribution >= 0.6 is 12.2 Å². The first-order valence-corrected chi connectivity index (χ1v) is 9.70. The van der Waals surface area contributed by atoms with E-state index in [-0.39, 0.29) is 23.0 Å². The van der Waals surface area contributed by atoms with Crippen LogP contribution in [-0.2, 0) is 12.7 Å². The minimum atomic E-state index is -4.44. The quantitative estimate of drug-likeness (QED) is 0.369. The van der Waals surface area contributed by atoms with E-state index >= 15 is 0 Å². The number of piperidine rings is 1. The molecule has 0 amide bonds. The molecule has 1 heterocycles. The molecule has 4 N–H and O–H groups in total. The lowest BCUT2D eigenvalue weighted by Gasteiger charge is -2.31. The van der Waals surface area contributed by atoms with Crippen LogP contribution in [0.3, 0.4) is 0 Å². The van der Waals surface area contributed by atoms with Crippen LogP contribution in [-0.4, -0.2) is 18.2 Å². The maximum atomic E-state index is 13.6. The maximum absolute atomic E-state index is 13.6. The third-order valence-electron chi connectivity index (χ3n) is 4.77. The van der Waals surface area contributed by atoms with Gasteiger partial charge in [-0.2, -0.15) is 13.2 Å². The predicted molar refractivity (Wildman–Crippen MR) is 111 cm³/mol. The van der Waals surface area contributed by atoms with Crippen molar-refractivity contribution < 1.29 is 17.6 Å². The minimum absolute atomic E-state index is 0.0166. The fourth-order valence-corrected chi connectivity index (χ4v) is 3.48. The fraction of sp³-hybridized carbons (Fsp3) is 0.350. The van der Waals surface area contributed by atoms with Crippen molar-refractivity contribution in [2.75, 3.05) is 29.0 Å². The molecule has 0 atom stereocenters. The summed E-state index contributed by atoms with van der Waals surface area (Å²) in [5.74, 6) is -0.582. The molecule has 1 fully saturated rings. The lowest BCUT2D eigenvalue weighted by Crippen LogP contribution is -2.31. The van der Waals surface area contributed by atoms with Gasteiger partial charge < -0.3 is 21.3 Å². The van der Waals surface area contributed by atoms with E-state index < -0.39 is 17.6 Å². The number of benzene rings is 2. The molecule has 0 saturated carbocycles. The van der Waals surface area contributed by atoms with E-state index in [9.17, 15) is 17.6 Å². The van der Waals surface area contributed by atoms with Crippen LogP contribution in [0, 0.1) is 5.82 Å². The summed E-state index contributed by atoms with van der Waals surface area (Å²) in [7, 11) is 0. The van der Waals surface area contributed by atoms with Crippen molar-refractivity contribution in [1.29, 1.82) is 0 Å². The fourth-order valence-electron chi connectivity index (χ4n) is 3.29. The van der Waals surface area contributed by atoms with Crippen molar-refractivity contribution >= 4 is 34.4 Å². The van der Waals surface area contributed by atoms with E-state index in [1.807, 2.05) is 0 Å². The van der Waals surface area contributed by atoms with Gasteiger partial charge in [0.2, 0.25) is 0 Å². The molecular formula is C20H22F4N4S. The molecule has 0 unspecified atom stereocenters. The SMILES string of the molecule is Nc1ccc(NC(=S)NCc2ccc(N3CCCCC3)c(C(F)(F)F)c2)cc1F. The monoisotopic (exact) mass is 426 g/mol. The van der Waals surface area contributed by atoms with Gasteiger partial charge in [0, 0.05) is 31.0 Å². The van der Waals surface area contributed by atoms with Crippen LogP contribution in [0.5, 0.6) is 0 Å². The Labute approximate surface area is 172 Å². The Kier molecular flexibility index (Phi) is 6.46. The van der Waals surface area contributed by atoms with E-state index in [0.717, 1.165) is 25.3 Å². The number of alkyl halides is 3. The number of nitrogens with one attached hydrogen (secondary N) is 2. The van der Waals surface area contributed by atoms with Crippen LogP contribution in [0.2, 0.25) is 0 Å². The molecule has 3 rings (SSSR count). The number of nitrogens with zero attached hydrogens (tertiary/aromatic N) is 1. The summed E-state index contributed by atoms with van der Waals surface area (Å²) in [6.07, 6.45) is -1.61. The van der Waals surface area contributed by atoms with Crippen molar-refractivity contribution in [3.63, 3.8) is 0 Å². The molecule has 9 heteroatoms. The van der Waals surface area contributed by atoms with Gasteiger partial charge in [-0.3, -0.25) is 0 Å². The van der Waals surface area contributed by atoms with Gasteiger partial charge >= 0.3 is 6.18 Å². The molecule has 156 valence electrons. The Bertz CT molecular complexity index is 879. The second-order valence-electron chi connectivity index (χ2n) is 6.94. The van der Waals surface area contributed by atoms with Crippen molar-refractivity contribution in [2.45, 2.75) is 32.0 Å². The number of hydrogen-bond acceptors (Lipinski definition) is 3. The summed E-state index contributed by atoms with van der Waals surface area (Å²) in [6, 6.07) is 8.49. The zero-order chi connectivity index (χ0) is 21.0. The van der Waals surface area contributed by atoms with Gasteiger partial charge in [-0.25, -0.2) is 4.39 Å². The molecular weight excluding hydrogens is 404 g/mol. The average Bonchev–Trinajstić information content (AvgIpc) is 2.69. The molecule has 0 aromatic heterocycles. The summed E-state index contributed by atoms with van der Waals surface area (Å²) in [5, 5.41) is 5.80. The molecule has 1 aliphatic rings. The van der Waals surface area contributed by atoms with Crippen LogP contribution in [0.15, 0.2) is 36.4 Å². The summed E-state index contributed by atoms with van der Waals surface area (Å²) in [6.45, 7) is 1.37. The predicted octanol–water partition coefficient (Wildman–Crippen LogP) is 4.90. The number of rotatable bonds is 4. The molecule has 0 radical (unpaired) electrons. The number of thiocarbonyl (C=S) groups is 1. The van der Waals surface area contributed by atoms with Gasteiger partial charge in [-0.15, -0.1) is 0 Å². The van der Waals surface area contributed by atoms with Crippen LogP contribution in [0.25, 0.3) is 0 Å². The van der Waals surface area contributed by atoms with Crippen LogP contribution in [0.1, 0.15) is 30.4 Å². The summed E-state index contributed by atoms with van der Waals surface area (Å²) in [5.41, 5.74) is 5.86. The summed E-state index contributed by atoms with van der Waals surface area (Å²) in [4.78, 5) is 1.80. The molecule has 1 aliphatic heterocycles. The standard InChI is InChI=1S/C20H22F4N4S/c21-16-11-14(5-6-17(16)25)27-19(29)26-12-13-4-7-18(15(10-13)20(22,23)24)28-8-2-1-3-9-28/h4-7,10-11H,1-3,8-9,12,25H2,(H2,26,27,29). The summed E-state index contributed by atoms with van der Waals surface area (Å²) >= 11 is 5.14. The Hall–Kier alpha value is -2.55. The van der Waals surface area contributed by atoms with Gasteiger partial charge in [0.15, 0.2) is 5.11 Å². The topological polar surface area (TPSA) is 53.3 Å². The third-order valence-corrected chi connectivity index (χ3v) is 5.02. The minimum Gasteiger partial charge on any atom is -0.396 e. The number of hydrogen-bond donors (Lipinski definition) is 3. The molecule has 1 saturated heterocycles. The van der Waals surface area contributed by atoms with Crippen LogP contribution < -0.4 is 21.3 Å². The van der Waals surface area contributed by atoms with E-state index in [0.29, 0.717) is 24.3 Å². The van der Waals surface area contributed by atoms with Crippen molar-refractivity contribution in [2.24, 2.45) is 0 Å². The number of nitrogen functional groups attached to an aromatic ring is 1. The molecule has 2 aromatic rings. The van der Waals surface area contributed by atoms with E-state index in [2.05, 4.69) is 10.6 Å².